The average molecular weight is 488 g/mol. The lowest BCUT2D eigenvalue weighted by molar-refractivity contribution is -0.148. The van der Waals surface area contributed by atoms with Crippen LogP contribution in [0.5, 0.6) is 0 Å². The fourth-order valence-corrected chi connectivity index (χ4v) is 5.78. The van der Waals surface area contributed by atoms with E-state index in [0.717, 1.165) is 9.69 Å². The van der Waals surface area contributed by atoms with Gasteiger partial charge in [0.15, 0.2) is 0 Å². The fourth-order valence-electron chi connectivity index (χ4n) is 3.98. The van der Waals surface area contributed by atoms with Crippen LogP contribution in [0, 0.1) is 0 Å². The number of rotatable bonds is 7. The second-order valence-electron chi connectivity index (χ2n) is 7.87. The van der Waals surface area contributed by atoms with Gasteiger partial charge in [-0.05, 0) is 60.5 Å². The summed E-state index contributed by atoms with van der Waals surface area (Å²) in [4.78, 5) is 30.0. The average Bonchev–Trinajstić information content (AvgIpc) is 3.17. The molecule has 1 N–H and O–H groups in total. The molecule has 1 aliphatic heterocycles. The van der Waals surface area contributed by atoms with Gasteiger partial charge < -0.3 is 10.0 Å². The second-order valence-corrected chi connectivity index (χ2v) is 10.2. The van der Waals surface area contributed by atoms with Crippen molar-refractivity contribution in [2.75, 3.05) is 6.54 Å². The molecule has 33 heavy (non-hydrogen) atoms. The molecule has 0 bridgehead atoms. The maximum Gasteiger partial charge on any atom is 0.326 e. The first kappa shape index (κ1) is 23.2. The molecule has 2 aromatic carbocycles. The number of fused-ring (bicyclic) bond motifs is 1. The minimum absolute atomic E-state index is 0.0331. The lowest BCUT2D eigenvalue weighted by Gasteiger charge is -2.28. The van der Waals surface area contributed by atoms with Crippen molar-refractivity contribution in [2.45, 2.75) is 36.9 Å². The molecule has 2 heterocycles. The predicted octanol–water partition coefficient (Wildman–Crippen LogP) is 3.15. The molecule has 0 aliphatic carbocycles. The van der Waals surface area contributed by atoms with Crippen LogP contribution in [0.1, 0.15) is 19.0 Å². The van der Waals surface area contributed by atoms with Crippen LogP contribution in [0.2, 0.25) is 5.02 Å². The Morgan fingerprint density at radius 3 is 2.64 bits per heavy atom. The van der Waals surface area contributed by atoms with E-state index in [9.17, 15) is 23.1 Å². The van der Waals surface area contributed by atoms with Crippen LogP contribution in [-0.2, 0) is 26.2 Å². The summed E-state index contributed by atoms with van der Waals surface area (Å²) in [5.74, 6) is -1.67. The van der Waals surface area contributed by atoms with E-state index in [-0.39, 0.29) is 24.4 Å². The third-order valence-corrected chi connectivity index (χ3v) is 7.89. The minimum Gasteiger partial charge on any atom is -0.480 e. The number of likely N-dealkylation sites (tertiary alicyclic amines) is 1. The monoisotopic (exact) mass is 487 g/mol. The van der Waals surface area contributed by atoms with E-state index in [2.05, 4.69) is 4.98 Å². The van der Waals surface area contributed by atoms with E-state index in [1.807, 2.05) is 0 Å². The Bertz CT molecular complexity index is 1320. The summed E-state index contributed by atoms with van der Waals surface area (Å²) in [5.41, 5.74) is 0.478. The molecule has 2 atom stereocenters. The van der Waals surface area contributed by atoms with E-state index in [1.54, 1.807) is 54.7 Å². The highest BCUT2D eigenvalue weighted by atomic mass is 35.5. The van der Waals surface area contributed by atoms with Gasteiger partial charge in [-0.25, -0.2) is 13.2 Å². The van der Waals surface area contributed by atoms with Crippen molar-refractivity contribution in [1.29, 1.82) is 0 Å². The topological polar surface area (TPSA) is 108 Å². The lowest BCUT2D eigenvalue weighted by Crippen LogP contribution is -2.48. The fraction of sp³-hybridized carbons (Fsp3) is 0.261. The largest absolute Gasteiger partial charge is 0.480 e. The summed E-state index contributed by atoms with van der Waals surface area (Å²) >= 11 is 6.04. The molecule has 1 aliphatic rings. The molecular formula is C23H22ClN3O5S. The van der Waals surface area contributed by atoms with Crippen LogP contribution >= 0.6 is 11.6 Å². The van der Waals surface area contributed by atoms with E-state index >= 15 is 0 Å². The minimum atomic E-state index is -4.12. The van der Waals surface area contributed by atoms with Gasteiger partial charge in [-0.3, -0.25) is 9.78 Å². The Morgan fingerprint density at radius 2 is 1.94 bits per heavy atom. The molecule has 1 fully saturated rings. The molecule has 172 valence electrons. The third-order valence-electron chi connectivity index (χ3n) is 5.81. The van der Waals surface area contributed by atoms with Crippen molar-refractivity contribution in [3.63, 3.8) is 0 Å². The van der Waals surface area contributed by atoms with Crippen molar-refractivity contribution >= 4 is 44.3 Å². The standard InChI is InChI=1S/C23H22ClN3O5S/c1-15(23(29)30)26-11-9-21(22(26)28)27(14-19-4-2-3-10-25-19)33(31,32)20-8-6-16-12-18(24)7-5-17(16)13-20/h2-8,10,12-13,15,21H,9,11,14H2,1H3,(H,29,30). The summed E-state index contributed by atoms with van der Waals surface area (Å²) in [7, 11) is -4.12. The zero-order valence-corrected chi connectivity index (χ0v) is 19.3. The molecule has 3 aromatic rings. The number of aromatic nitrogens is 1. The molecule has 1 amide bonds. The summed E-state index contributed by atoms with van der Waals surface area (Å²) in [6, 6.07) is 12.9. The molecule has 0 spiro atoms. The number of sulfonamides is 1. The molecule has 2 unspecified atom stereocenters. The predicted molar refractivity (Wildman–Crippen MR) is 123 cm³/mol. The van der Waals surface area contributed by atoms with Gasteiger partial charge in [0, 0.05) is 17.8 Å². The van der Waals surface area contributed by atoms with Crippen molar-refractivity contribution in [2.24, 2.45) is 0 Å². The van der Waals surface area contributed by atoms with Gasteiger partial charge in [-0.1, -0.05) is 29.8 Å². The van der Waals surface area contributed by atoms with Gasteiger partial charge in [-0.15, -0.1) is 0 Å². The van der Waals surface area contributed by atoms with Crippen LogP contribution in [0.3, 0.4) is 0 Å². The van der Waals surface area contributed by atoms with Crippen molar-refractivity contribution < 1.29 is 23.1 Å². The van der Waals surface area contributed by atoms with E-state index in [4.69, 9.17) is 11.6 Å². The number of benzene rings is 2. The zero-order valence-electron chi connectivity index (χ0n) is 17.8. The number of amides is 1. The van der Waals surface area contributed by atoms with E-state index < -0.39 is 34.0 Å². The summed E-state index contributed by atoms with van der Waals surface area (Å²) in [5, 5.41) is 11.4. The molecule has 4 rings (SSSR count). The third kappa shape index (κ3) is 4.57. The zero-order chi connectivity index (χ0) is 23.8. The Hall–Kier alpha value is -3.01. The van der Waals surface area contributed by atoms with Crippen LogP contribution in [0.25, 0.3) is 10.8 Å². The highest BCUT2D eigenvalue weighted by molar-refractivity contribution is 7.89. The Labute approximate surface area is 196 Å². The number of halogens is 1. The van der Waals surface area contributed by atoms with Gasteiger partial charge >= 0.3 is 5.97 Å². The summed E-state index contributed by atoms with van der Waals surface area (Å²) in [6.45, 7) is 1.45. The molecule has 0 radical (unpaired) electrons. The number of carboxylic acids is 1. The van der Waals surface area contributed by atoms with Crippen LogP contribution < -0.4 is 0 Å². The molecule has 1 aromatic heterocycles. The first-order chi connectivity index (χ1) is 15.7. The van der Waals surface area contributed by atoms with E-state index in [1.165, 1.54) is 17.9 Å². The van der Waals surface area contributed by atoms with Crippen molar-refractivity contribution in [1.82, 2.24) is 14.2 Å². The first-order valence-electron chi connectivity index (χ1n) is 10.3. The summed E-state index contributed by atoms with van der Waals surface area (Å²) < 4.78 is 28.7. The normalized spacial score (nSPS) is 17.6. The van der Waals surface area contributed by atoms with E-state index in [0.29, 0.717) is 16.1 Å². The maximum absolute atomic E-state index is 13.8. The SMILES string of the molecule is CC(C(=O)O)N1CCC(N(Cc2ccccn2)S(=O)(=O)c2ccc3cc(Cl)ccc3c2)C1=O. The number of hydrogen-bond acceptors (Lipinski definition) is 5. The van der Waals surface area contributed by atoms with Gasteiger partial charge in [0.25, 0.3) is 0 Å². The number of carbonyl (C=O) groups excluding carboxylic acids is 1. The maximum atomic E-state index is 13.8. The van der Waals surface area contributed by atoms with Gasteiger partial charge in [0.2, 0.25) is 15.9 Å². The van der Waals surface area contributed by atoms with Crippen molar-refractivity contribution in [3.05, 3.63) is 71.5 Å². The van der Waals surface area contributed by atoms with Crippen LogP contribution in [-0.4, -0.2) is 58.2 Å². The highest BCUT2D eigenvalue weighted by Crippen LogP contribution is 2.30. The van der Waals surface area contributed by atoms with Gasteiger partial charge in [-0.2, -0.15) is 4.31 Å². The molecule has 8 nitrogen and oxygen atoms in total. The smallest absolute Gasteiger partial charge is 0.326 e. The Morgan fingerprint density at radius 1 is 1.21 bits per heavy atom. The molecular weight excluding hydrogens is 466 g/mol. The van der Waals surface area contributed by atoms with Crippen LogP contribution in [0.15, 0.2) is 65.7 Å². The Balaban J connectivity index is 1.75. The molecule has 0 saturated carbocycles. The summed E-state index contributed by atoms with van der Waals surface area (Å²) in [6.07, 6.45) is 1.74. The number of hydrogen-bond donors (Lipinski definition) is 1. The molecule has 1 saturated heterocycles. The Kier molecular flexibility index (Phi) is 6.38. The number of aliphatic carboxylic acids is 1. The number of carboxylic acid groups (broad SMARTS) is 1. The second kappa shape index (κ2) is 9.09. The van der Waals surface area contributed by atoms with Gasteiger partial charge in [0.1, 0.15) is 12.1 Å². The highest BCUT2D eigenvalue weighted by Gasteiger charge is 2.44. The quantitative estimate of drug-likeness (QED) is 0.548. The lowest BCUT2D eigenvalue weighted by atomic mass is 10.1. The number of carbonyl (C=O) groups is 2. The number of pyridine rings is 1. The molecule has 10 heteroatoms. The number of nitrogens with zero attached hydrogens (tertiary/aromatic N) is 3. The van der Waals surface area contributed by atoms with Crippen molar-refractivity contribution in [3.8, 4) is 0 Å². The van der Waals surface area contributed by atoms with Gasteiger partial charge in [0.05, 0.1) is 17.1 Å². The first-order valence-corrected chi connectivity index (χ1v) is 12.1. The van der Waals surface area contributed by atoms with Crippen LogP contribution in [0.4, 0.5) is 0 Å².